The molecule has 0 unspecified atom stereocenters. The summed E-state index contributed by atoms with van der Waals surface area (Å²) < 4.78 is 0. The van der Waals surface area contributed by atoms with Crippen LogP contribution in [0.25, 0.3) is 0 Å². The van der Waals surface area contributed by atoms with E-state index in [9.17, 15) is 4.79 Å². The van der Waals surface area contributed by atoms with Crippen molar-refractivity contribution in [1.82, 2.24) is 4.98 Å². The molecule has 0 bridgehead atoms. The highest BCUT2D eigenvalue weighted by Gasteiger charge is 2.10. The smallest absolute Gasteiger partial charge is 0.382 e. The third-order valence-electron chi connectivity index (χ3n) is 2.77. The Morgan fingerprint density at radius 2 is 2.06 bits per heavy atom. The Morgan fingerprint density at radius 3 is 2.65 bits per heavy atom. The van der Waals surface area contributed by atoms with E-state index >= 15 is 0 Å². The van der Waals surface area contributed by atoms with Gasteiger partial charge in [-0.25, -0.2) is 9.78 Å². The summed E-state index contributed by atoms with van der Waals surface area (Å²) >= 11 is 0. The second-order valence-corrected chi connectivity index (χ2v) is 4.00. The molecule has 2 rings (SSSR count). The molecule has 0 aliphatic carbocycles. The summed E-state index contributed by atoms with van der Waals surface area (Å²) in [5.41, 5.74) is 1.58. The van der Waals surface area contributed by atoms with Gasteiger partial charge < -0.3 is 10.0 Å². The molecule has 17 heavy (non-hydrogen) atoms. The number of hydrogen-bond donors (Lipinski definition) is 1. The summed E-state index contributed by atoms with van der Waals surface area (Å²) in [6.45, 7) is 2.14. The van der Waals surface area contributed by atoms with Crippen LogP contribution >= 0.6 is 0 Å². The van der Waals surface area contributed by atoms with Crippen molar-refractivity contribution < 1.29 is 9.90 Å². The lowest BCUT2D eigenvalue weighted by Crippen LogP contribution is -2.29. The van der Waals surface area contributed by atoms with Crippen LogP contribution in [0.1, 0.15) is 25.0 Å². The SMILES string of the molecule is O=C(O)C#Cc1ccc(N2CCCCC2)cn1. The predicted octanol–water partition coefficient (Wildman–Crippen LogP) is 1.51. The van der Waals surface area contributed by atoms with E-state index < -0.39 is 5.97 Å². The first kappa shape index (κ1) is 11.5. The second-order valence-electron chi connectivity index (χ2n) is 4.00. The summed E-state index contributed by atoms with van der Waals surface area (Å²) in [6.07, 6.45) is 5.50. The molecule has 1 aliphatic rings. The fourth-order valence-electron chi connectivity index (χ4n) is 1.92. The molecule has 0 radical (unpaired) electrons. The predicted molar refractivity (Wildman–Crippen MR) is 64.8 cm³/mol. The second kappa shape index (κ2) is 5.35. The van der Waals surface area contributed by atoms with Crippen LogP contribution in [0.3, 0.4) is 0 Å². The molecule has 2 heterocycles. The molecule has 1 fully saturated rings. The summed E-state index contributed by atoms with van der Waals surface area (Å²) in [6, 6.07) is 3.71. The van der Waals surface area contributed by atoms with Gasteiger partial charge in [0.25, 0.3) is 0 Å². The fraction of sp³-hybridized carbons (Fsp3) is 0.385. The van der Waals surface area contributed by atoms with Gasteiger partial charge in [0.15, 0.2) is 0 Å². The number of hydrogen-bond acceptors (Lipinski definition) is 3. The maximum atomic E-state index is 10.3. The number of rotatable bonds is 1. The number of aromatic nitrogens is 1. The number of piperidine rings is 1. The van der Waals surface area contributed by atoms with Crippen LogP contribution in [0.5, 0.6) is 0 Å². The molecule has 0 atom stereocenters. The van der Waals surface area contributed by atoms with E-state index in [1.807, 2.05) is 6.07 Å². The average molecular weight is 230 g/mol. The fourth-order valence-corrected chi connectivity index (χ4v) is 1.92. The Bertz CT molecular complexity index is 451. The van der Waals surface area contributed by atoms with Crippen molar-refractivity contribution in [2.75, 3.05) is 18.0 Å². The van der Waals surface area contributed by atoms with Crippen LogP contribution in [0, 0.1) is 11.8 Å². The molecule has 1 aliphatic heterocycles. The van der Waals surface area contributed by atoms with E-state index in [2.05, 4.69) is 21.7 Å². The normalized spacial score (nSPS) is 14.9. The Balaban J connectivity index is 2.07. The van der Waals surface area contributed by atoms with E-state index in [4.69, 9.17) is 5.11 Å². The Hall–Kier alpha value is -2.02. The lowest BCUT2D eigenvalue weighted by Gasteiger charge is -2.28. The number of carboxylic acids is 1. The first-order valence-electron chi connectivity index (χ1n) is 5.71. The zero-order chi connectivity index (χ0) is 12.1. The molecule has 0 spiro atoms. The first-order valence-corrected chi connectivity index (χ1v) is 5.71. The standard InChI is InChI=1S/C13H14N2O2/c16-13(17)7-5-11-4-6-12(10-14-11)15-8-2-1-3-9-15/h4,6,10H,1-3,8-9H2,(H,16,17). The molecule has 4 nitrogen and oxygen atoms in total. The molecule has 1 saturated heterocycles. The summed E-state index contributed by atoms with van der Waals surface area (Å²) in [5.74, 6) is 3.41. The summed E-state index contributed by atoms with van der Waals surface area (Å²) in [7, 11) is 0. The molecule has 1 N–H and O–H groups in total. The minimum absolute atomic E-state index is 0.494. The number of pyridine rings is 1. The summed E-state index contributed by atoms with van der Waals surface area (Å²) in [5, 5.41) is 8.42. The van der Waals surface area contributed by atoms with Gasteiger partial charge in [-0.3, -0.25) is 0 Å². The Kier molecular flexibility index (Phi) is 3.61. The molecule has 0 amide bonds. The van der Waals surface area contributed by atoms with Gasteiger partial charge in [0.2, 0.25) is 0 Å². The Morgan fingerprint density at radius 1 is 1.29 bits per heavy atom. The van der Waals surface area contributed by atoms with Crippen molar-refractivity contribution in [1.29, 1.82) is 0 Å². The third-order valence-corrected chi connectivity index (χ3v) is 2.77. The van der Waals surface area contributed by atoms with Gasteiger partial charge in [0.1, 0.15) is 5.69 Å². The van der Waals surface area contributed by atoms with E-state index in [0.717, 1.165) is 18.8 Å². The van der Waals surface area contributed by atoms with Crippen molar-refractivity contribution in [2.24, 2.45) is 0 Å². The molecule has 4 heteroatoms. The largest absolute Gasteiger partial charge is 0.472 e. The lowest BCUT2D eigenvalue weighted by atomic mass is 10.1. The average Bonchev–Trinajstić information content (AvgIpc) is 2.38. The summed E-state index contributed by atoms with van der Waals surface area (Å²) in [4.78, 5) is 16.7. The Labute approximate surface area is 100 Å². The minimum Gasteiger partial charge on any atom is -0.472 e. The van der Waals surface area contributed by atoms with Gasteiger partial charge in [0, 0.05) is 19.0 Å². The van der Waals surface area contributed by atoms with Crippen molar-refractivity contribution in [2.45, 2.75) is 19.3 Å². The van der Waals surface area contributed by atoms with Crippen molar-refractivity contribution in [3.8, 4) is 11.8 Å². The number of carboxylic acid groups (broad SMARTS) is 1. The quantitative estimate of drug-likeness (QED) is 0.743. The maximum Gasteiger partial charge on any atom is 0.382 e. The number of nitrogens with zero attached hydrogens (tertiary/aromatic N) is 2. The topological polar surface area (TPSA) is 53.4 Å². The highest BCUT2D eigenvalue weighted by Crippen LogP contribution is 2.18. The molecule has 88 valence electrons. The monoisotopic (exact) mass is 230 g/mol. The molecular weight excluding hydrogens is 216 g/mol. The van der Waals surface area contributed by atoms with Crippen LogP contribution < -0.4 is 4.90 Å². The lowest BCUT2D eigenvalue weighted by molar-refractivity contribution is -0.130. The third kappa shape index (κ3) is 3.22. The molecule has 1 aromatic heterocycles. The van der Waals surface area contributed by atoms with E-state index in [-0.39, 0.29) is 0 Å². The highest BCUT2D eigenvalue weighted by molar-refractivity contribution is 5.87. The van der Waals surface area contributed by atoms with E-state index in [1.165, 1.54) is 19.3 Å². The van der Waals surface area contributed by atoms with E-state index in [1.54, 1.807) is 12.3 Å². The van der Waals surface area contributed by atoms with Crippen LogP contribution in [-0.4, -0.2) is 29.1 Å². The van der Waals surface area contributed by atoms with Gasteiger partial charge in [-0.05, 0) is 37.3 Å². The van der Waals surface area contributed by atoms with Crippen molar-refractivity contribution >= 4 is 11.7 Å². The van der Waals surface area contributed by atoms with Gasteiger partial charge in [-0.15, -0.1) is 0 Å². The first-order chi connectivity index (χ1) is 8.25. The van der Waals surface area contributed by atoms with Gasteiger partial charge >= 0.3 is 5.97 Å². The van der Waals surface area contributed by atoms with Gasteiger partial charge in [-0.1, -0.05) is 0 Å². The number of anilines is 1. The minimum atomic E-state index is -1.13. The van der Waals surface area contributed by atoms with E-state index in [0.29, 0.717) is 5.69 Å². The molecule has 1 aromatic rings. The van der Waals surface area contributed by atoms with Gasteiger partial charge in [-0.2, -0.15) is 0 Å². The maximum absolute atomic E-state index is 10.3. The molecule has 0 aromatic carbocycles. The van der Waals surface area contributed by atoms with Crippen LogP contribution in [-0.2, 0) is 4.79 Å². The zero-order valence-corrected chi connectivity index (χ0v) is 9.52. The van der Waals surface area contributed by atoms with Gasteiger partial charge in [0.05, 0.1) is 11.9 Å². The van der Waals surface area contributed by atoms with Crippen molar-refractivity contribution in [3.05, 3.63) is 24.0 Å². The van der Waals surface area contributed by atoms with Crippen LogP contribution in [0.2, 0.25) is 0 Å². The number of carbonyl (C=O) groups is 1. The molecular formula is C13H14N2O2. The number of aliphatic carboxylic acids is 1. The zero-order valence-electron chi connectivity index (χ0n) is 9.52. The van der Waals surface area contributed by atoms with Crippen LogP contribution in [0.15, 0.2) is 18.3 Å². The molecule has 0 saturated carbocycles. The van der Waals surface area contributed by atoms with Crippen molar-refractivity contribution in [3.63, 3.8) is 0 Å². The van der Waals surface area contributed by atoms with Crippen LogP contribution in [0.4, 0.5) is 5.69 Å². The highest BCUT2D eigenvalue weighted by atomic mass is 16.4.